The fraction of sp³-hybridized carbons (Fsp3) is 0.417. The quantitative estimate of drug-likeness (QED) is 0.284. The van der Waals surface area contributed by atoms with Crippen molar-refractivity contribution in [2.45, 2.75) is 83.5 Å². The van der Waals surface area contributed by atoms with Crippen molar-refractivity contribution < 1.29 is 32.2 Å². The molecule has 0 bridgehead atoms. The summed E-state index contributed by atoms with van der Waals surface area (Å²) in [7, 11) is 0. The normalized spacial score (nSPS) is 18.5. The Morgan fingerprint density at radius 1 is 0.978 bits per heavy atom. The lowest BCUT2D eigenvalue weighted by Gasteiger charge is -2.32. The molecule has 2 amide bonds. The van der Waals surface area contributed by atoms with Crippen LogP contribution in [0.25, 0.3) is 5.57 Å². The van der Waals surface area contributed by atoms with Gasteiger partial charge in [0.15, 0.2) is 0 Å². The van der Waals surface area contributed by atoms with Crippen LogP contribution in [0.3, 0.4) is 0 Å². The van der Waals surface area contributed by atoms with E-state index in [1.165, 1.54) is 30.6 Å². The van der Waals surface area contributed by atoms with Crippen molar-refractivity contribution >= 4 is 17.6 Å². The predicted molar refractivity (Wildman–Crippen MR) is 169 cm³/mol. The van der Waals surface area contributed by atoms with Crippen LogP contribution in [0.2, 0.25) is 0 Å². The summed E-state index contributed by atoms with van der Waals surface area (Å²) in [4.78, 5) is 31.5. The maximum atomic E-state index is 13.8. The lowest BCUT2D eigenvalue weighted by molar-refractivity contribution is -0.00114. The Morgan fingerprint density at radius 2 is 1.61 bits per heavy atom. The summed E-state index contributed by atoms with van der Waals surface area (Å²) in [5, 5.41) is 2.97. The average Bonchev–Trinajstić information content (AvgIpc) is 3.35. The zero-order valence-corrected chi connectivity index (χ0v) is 26.6. The Morgan fingerprint density at radius 3 is 2.20 bits per heavy atom. The molecule has 1 aliphatic heterocycles. The van der Waals surface area contributed by atoms with Crippen molar-refractivity contribution in [3.63, 3.8) is 0 Å². The van der Waals surface area contributed by atoms with Gasteiger partial charge in [0.05, 0.1) is 17.8 Å². The van der Waals surface area contributed by atoms with E-state index >= 15 is 0 Å². The highest BCUT2D eigenvalue weighted by Gasteiger charge is 2.40. The van der Waals surface area contributed by atoms with Gasteiger partial charge in [0.25, 0.3) is 11.8 Å². The average molecular weight is 636 g/mol. The van der Waals surface area contributed by atoms with Crippen LogP contribution in [0.1, 0.15) is 92.9 Å². The first-order valence-electron chi connectivity index (χ1n) is 15.6. The molecule has 0 spiro atoms. The van der Waals surface area contributed by atoms with Crippen molar-refractivity contribution in [3.05, 3.63) is 101 Å². The van der Waals surface area contributed by atoms with Crippen LogP contribution >= 0.6 is 0 Å². The van der Waals surface area contributed by atoms with E-state index in [2.05, 4.69) is 10.3 Å². The van der Waals surface area contributed by atoms with Crippen LogP contribution < -0.4 is 10.1 Å². The number of carbonyl (C=O) groups excluding carboxylic acids is 2. The SMILES string of the molecule is C[C@@H](NC(=O)c1cncc(OC2CCC(F)(F)C2)c1)c1ccc(C(=C2CCN(C(=O)OC(C)(C)C)CC2)c2ccc(F)cc2)cc1. The van der Waals surface area contributed by atoms with Crippen LogP contribution in [0.4, 0.5) is 18.0 Å². The molecule has 2 aromatic carbocycles. The first kappa shape index (κ1) is 33.0. The number of nitrogens with one attached hydrogen (secondary N) is 1. The van der Waals surface area contributed by atoms with Crippen LogP contribution in [0, 0.1) is 5.82 Å². The highest BCUT2D eigenvalue weighted by molar-refractivity contribution is 5.94. The lowest BCUT2D eigenvalue weighted by Crippen LogP contribution is -2.40. The molecule has 0 radical (unpaired) electrons. The van der Waals surface area contributed by atoms with E-state index in [1.54, 1.807) is 17.0 Å². The van der Waals surface area contributed by atoms with E-state index in [4.69, 9.17) is 9.47 Å². The summed E-state index contributed by atoms with van der Waals surface area (Å²) in [6.45, 7) is 8.44. The van der Waals surface area contributed by atoms with Crippen LogP contribution in [-0.2, 0) is 4.74 Å². The summed E-state index contributed by atoms with van der Waals surface area (Å²) < 4.78 is 52.2. The summed E-state index contributed by atoms with van der Waals surface area (Å²) in [5.41, 5.74) is 4.55. The molecule has 3 aromatic rings. The second-order valence-corrected chi connectivity index (χ2v) is 13.0. The molecular weight excluding hydrogens is 595 g/mol. The van der Waals surface area contributed by atoms with Gasteiger partial charge >= 0.3 is 6.09 Å². The molecule has 1 saturated carbocycles. The largest absolute Gasteiger partial charge is 0.489 e. The number of piperidine rings is 1. The Hall–Kier alpha value is -4.34. The van der Waals surface area contributed by atoms with Crippen LogP contribution in [-0.4, -0.2) is 52.6 Å². The number of benzene rings is 2. The minimum Gasteiger partial charge on any atom is -0.489 e. The molecule has 2 fully saturated rings. The van der Waals surface area contributed by atoms with Gasteiger partial charge < -0.3 is 19.7 Å². The van der Waals surface area contributed by atoms with Crippen molar-refractivity contribution in [3.8, 4) is 5.75 Å². The Balaban J connectivity index is 1.28. The van der Waals surface area contributed by atoms with Gasteiger partial charge in [0.2, 0.25) is 0 Å². The fourth-order valence-electron chi connectivity index (χ4n) is 5.84. The smallest absolute Gasteiger partial charge is 0.410 e. The lowest BCUT2D eigenvalue weighted by atomic mass is 9.88. The molecule has 1 N–H and O–H groups in total. The van der Waals surface area contributed by atoms with E-state index in [0.717, 1.165) is 27.8 Å². The van der Waals surface area contributed by atoms with Crippen molar-refractivity contribution in [1.82, 2.24) is 15.2 Å². The van der Waals surface area contributed by atoms with Gasteiger partial charge in [-0.25, -0.2) is 18.0 Å². The van der Waals surface area contributed by atoms with Gasteiger partial charge in [-0.2, -0.15) is 0 Å². The number of ether oxygens (including phenoxy) is 2. The minimum atomic E-state index is -2.73. The third-order valence-electron chi connectivity index (χ3n) is 8.19. The van der Waals surface area contributed by atoms with E-state index < -0.39 is 17.6 Å². The van der Waals surface area contributed by atoms with E-state index in [0.29, 0.717) is 25.9 Å². The molecule has 5 rings (SSSR count). The van der Waals surface area contributed by atoms with Crippen molar-refractivity contribution in [1.29, 1.82) is 0 Å². The molecule has 1 saturated heterocycles. The second-order valence-electron chi connectivity index (χ2n) is 13.0. The zero-order valence-electron chi connectivity index (χ0n) is 26.6. The van der Waals surface area contributed by atoms with Crippen LogP contribution in [0.15, 0.2) is 72.6 Å². The van der Waals surface area contributed by atoms with Gasteiger partial charge in [-0.05, 0) is 87.4 Å². The molecule has 2 aliphatic rings. The third kappa shape index (κ3) is 8.47. The first-order valence-corrected chi connectivity index (χ1v) is 15.6. The van der Waals surface area contributed by atoms with E-state index in [1.807, 2.05) is 52.0 Å². The highest BCUT2D eigenvalue weighted by Crippen LogP contribution is 2.37. The summed E-state index contributed by atoms with van der Waals surface area (Å²) in [6.07, 6.45) is 2.89. The molecule has 1 aromatic heterocycles. The van der Waals surface area contributed by atoms with Gasteiger partial charge in [0.1, 0.15) is 23.3 Å². The highest BCUT2D eigenvalue weighted by atomic mass is 19.3. The van der Waals surface area contributed by atoms with Gasteiger partial charge in [-0.3, -0.25) is 9.78 Å². The predicted octanol–water partition coefficient (Wildman–Crippen LogP) is 8.11. The fourth-order valence-corrected chi connectivity index (χ4v) is 5.84. The number of amides is 2. The number of nitrogens with zero attached hydrogens (tertiary/aromatic N) is 2. The van der Waals surface area contributed by atoms with E-state index in [9.17, 15) is 22.8 Å². The maximum Gasteiger partial charge on any atom is 0.410 e. The molecule has 2 heterocycles. The Kier molecular flexibility index (Phi) is 9.74. The van der Waals surface area contributed by atoms with Crippen molar-refractivity contribution in [2.24, 2.45) is 0 Å². The molecule has 1 unspecified atom stereocenters. The monoisotopic (exact) mass is 635 g/mol. The molecule has 244 valence electrons. The number of carbonyl (C=O) groups is 2. The van der Waals surface area contributed by atoms with Gasteiger partial charge in [-0.15, -0.1) is 0 Å². The van der Waals surface area contributed by atoms with Crippen LogP contribution in [0.5, 0.6) is 5.75 Å². The van der Waals surface area contributed by atoms with Gasteiger partial charge in [-0.1, -0.05) is 42.0 Å². The number of hydrogen-bond donors (Lipinski definition) is 1. The summed E-state index contributed by atoms with van der Waals surface area (Å²) in [6, 6.07) is 15.4. The Bertz CT molecular complexity index is 1570. The number of rotatable bonds is 7. The number of hydrogen-bond acceptors (Lipinski definition) is 5. The molecular formula is C36H40F3N3O4. The third-order valence-corrected chi connectivity index (χ3v) is 8.19. The number of likely N-dealkylation sites (tertiary alicyclic amines) is 1. The molecule has 2 atom stereocenters. The van der Waals surface area contributed by atoms with Gasteiger partial charge in [0, 0.05) is 32.1 Å². The zero-order chi connectivity index (χ0) is 33.1. The maximum absolute atomic E-state index is 13.8. The molecule has 1 aliphatic carbocycles. The molecule has 7 nitrogen and oxygen atoms in total. The Labute approximate surface area is 267 Å². The summed E-state index contributed by atoms with van der Waals surface area (Å²) in [5.74, 6) is -3.13. The molecule has 46 heavy (non-hydrogen) atoms. The first-order chi connectivity index (χ1) is 21.8. The standard InChI is InChI=1S/C36H40F3N3O4/c1-23(41-33(43)28-19-31(22-40-21-28)45-30-13-16-36(38,39)20-30)24-5-7-25(8-6-24)32(26-9-11-29(37)12-10-26)27-14-17-42(18-15-27)34(44)46-35(2,3)4/h5-12,19,21-23,30H,13-18,20H2,1-4H3,(H,41,43)/t23-,30?/m1/s1. The van der Waals surface area contributed by atoms with E-state index in [-0.39, 0.29) is 54.4 Å². The number of alkyl halides is 2. The number of pyridine rings is 1. The second kappa shape index (κ2) is 13.6. The number of aromatic nitrogens is 1. The summed E-state index contributed by atoms with van der Waals surface area (Å²) >= 11 is 0. The minimum absolute atomic E-state index is 0.212. The molecule has 10 heteroatoms. The topological polar surface area (TPSA) is 80.8 Å². The van der Waals surface area contributed by atoms with Crippen molar-refractivity contribution in [2.75, 3.05) is 13.1 Å². The number of halogens is 3.